The van der Waals surface area contributed by atoms with E-state index in [-0.39, 0.29) is 29.9 Å². The first-order valence-electron chi connectivity index (χ1n) is 8.54. The third-order valence-corrected chi connectivity index (χ3v) is 5.29. The molecule has 0 unspecified atom stereocenters. The number of carbonyl (C=O) groups excluding carboxylic acids is 3. The highest BCUT2D eigenvalue weighted by Crippen LogP contribution is 2.32. The molecule has 0 spiro atoms. The summed E-state index contributed by atoms with van der Waals surface area (Å²) in [4.78, 5) is 36.2. The first-order valence-corrected chi connectivity index (χ1v) is 9.52. The zero-order valence-electron chi connectivity index (χ0n) is 15.0. The summed E-state index contributed by atoms with van der Waals surface area (Å²) in [5.41, 5.74) is 0.592. The van der Waals surface area contributed by atoms with Gasteiger partial charge in [0.1, 0.15) is 0 Å². The first-order chi connectivity index (χ1) is 12.5. The molecule has 6 nitrogen and oxygen atoms in total. The van der Waals surface area contributed by atoms with Crippen LogP contribution in [0, 0.1) is 0 Å². The number of unbranched alkanes of at least 4 members (excludes halogenated alkanes) is 1. The lowest BCUT2D eigenvalue weighted by atomic mass is 10.1. The van der Waals surface area contributed by atoms with Gasteiger partial charge < -0.3 is 15.4 Å². The molecule has 1 heterocycles. The van der Waals surface area contributed by atoms with Crippen molar-refractivity contribution in [1.29, 1.82) is 0 Å². The predicted octanol–water partition coefficient (Wildman–Crippen LogP) is 2.26. The smallest absolute Gasteiger partial charge is 0.305 e. The Balaban J connectivity index is 1.99. The molecule has 2 amide bonds. The maximum Gasteiger partial charge on any atom is 0.305 e. The number of thioether (sulfide) groups is 1. The van der Waals surface area contributed by atoms with E-state index in [1.165, 1.54) is 14.0 Å². The number of amides is 2. The number of methoxy groups -OCH3 is 1. The van der Waals surface area contributed by atoms with Gasteiger partial charge in [0.15, 0.2) is 0 Å². The Morgan fingerprint density at radius 3 is 2.62 bits per heavy atom. The largest absolute Gasteiger partial charge is 0.469 e. The number of benzene rings is 1. The lowest BCUT2D eigenvalue weighted by molar-refractivity contribution is -0.140. The number of hydrogen-bond acceptors (Lipinski definition) is 5. The van der Waals surface area contributed by atoms with Gasteiger partial charge >= 0.3 is 5.97 Å². The Labute approximate surface area is 157 Å². The van der Waals surface area contributed by atoms with Crippen LogP contribution in [0.15, 0.2) is 41.3 Å². The monoisotopic (exact) mass is 376 g/mol. The third-order valence-electron chi connectivity index (χ3n) is 4.01. The molecule has 0 aliphatic carbocycles. The van der Waals surface area contributed by atoms with Gasteiger partial charge in [0.2, 0.25) is 5.91 Å². The Morgan fingerprint density at radius 1 is 1.23 bits per heavy atom. The van der Waals surface area contributed by atoms with Crippen molar-refractivity contribution in [1.82, 2.24) is 10.6 Å². The van der Waals surface area contributed by atoms with E-state index in [4.69, 9.17) is 0 Å². The quantitative estimate of drug-likeness (QED) is 0.563. The summed E-state index contributed by atoms with van der Waals surface area (Å²) in [6.07, 6.45) is 3.80. The molecule has 1 fully saturated rings. The van der Waals surface area contributed by atoms with E-state index in [0.29, 0.717) is 30.6 Å². The summed E-state index contributed by atoms with van der Waals surface area (Å²) in [5.74, 6) is 0.163. The van der Waals surface area contributed by atoms with Crippen molar-refractivity contribution >= 4 is 29.5 Å². The molecule has 2 atom stereocenters. The van der Waals surface area contributed by atoms with Crippen molar-refractivity contribution in [2.75, 3.05) is 12.9 Å². The van der Waals surface area contributed by atoms with Crippen LogP contribution in [0.4, 0.5) is 0 Å². The maximum atomic E-state index is 12.4. The van der Waals surface area contributed by atoms with Crippen molar-refractivity contribution < 1.29 is 19.1 Å². The zero-order chi connectivity index (χ0) is 18.9. The van der Waals surface area contributed by atoms with Gasteiger partial charge in [-0.2, -0.15) is 0 Å². The van der Waals surface area contributed by atoms with E-state index in [0.717, 1.165) is 4.91 Å². The summed E-state index contributed by atoms with van der Waals surface area (Å²) < 4.78 is 4.63. The second-order valence-corrected chi connectivity index (χ2v) is 7.10. The molecule has 1 saturated heterocycles. The van der Waals surface area contributed by atoms with Gasteiger partial charge in [-0.15, -0.1) is 11.8 Å². The van der Waals surface area contributed by atoms with Crippen molar-refractivity contribution in [3.63, 3.8) is 0 Å². The van der Waals surface area contributed by atoms with E-state index in [1.54, 1.807) is 23.9 Å². The topological polar surface area (TPSA) is 84.5 Å². The van der Waals surface area contributed by atoms with Crippen LogP contribution in [0.2, 0.25) is 0 Å². The van der Waals surface area contributed by atoms with E-state index in [9.17, 15) is 14.4 Å². The molecule has 1 aromatic rings. The van der Waals surface area contributed by atoms with Crippen molar-refractivity contribution in [3.05, 3.63) is 46.9 Å². The number of rotatable bonds is 7. The summed E-state index contributed by atoms with van der Waals surface area (Å²) in [6.45, 7) is 1.47. The van der Waals surface area contributed by atoms with Crippen LogP contribution in [0.25, 0.3) is 0 Å². The fraction of sp³-hybridized carbons (Fsp3) is 0.421. The Morgan fingerprint density at radius 2 is 1.96 bits per heavy atom. The van der Waals surface area contributed by atoms with Crippen LogP contribution in [-0.4, -0.2) is 42.7 Å². The maximum absolute atomic E-state index is 12.4. The van der Waals surface area contributed by atoms with Gasteiger partial charge in [-0.25, -0.2) is 0 Å². The molecule has 1 aliphatic rings. The number of nitrogens with one attached hydrogen (secondary N) is 2. The number of ether oxygens (including phenoxy) is 1. The van der Waals surface area contributed by atoms with Gasteiger partial charge in [0, 0.05) is 29.6 Å². The summed E-state index contributed by atoms with van der Waals surface area (Å²) in [7, 11) is 1.38. The van der Waals surface area contributed by atoms with Gasteiger partial charge in [0.25, 0.3) is 5.91 Å². The lowest BCUT2D eigenvalue weighted by Gasteiger charge is -2.22. The molecule has 1 aromatic carbocycles. The number of allylic oxidation sites excluding steroid dienone is 1. The molecule has 7 heteroatoms. The van der Waals surface area contributed by atoms with E-state index in [1.807, 2.05) is 24.3 Å². The molecule has 0 radical (unpaired) electrons. The zero-order valence-corrected chi connectivity index (χ0v) is 15.8. The molecule has 2 rings (SSSR count). The van der Waals surface area contributed by atoms with E-state index in [2.05, 4.69) is 15.4 Å². The highest BCUT2D eigenvalue weighted by atomic mass is 32.2. The Kier molecular flexibility index (Phi) is 7.72. The molecular weight excluding hydrogens is 352 g/mol. The number of esters is 1. The van der Waals surface area contributed by atoms with Gasteiger partial charge in [-0.3, -0.25) is 14.4 Å². The Bertz CT molecular complexity index is 675. The SMILES string of the molecule is COC(=O)CCC/C=C1\SC[C@@H](NC(=O)c2ccccc2)[C@H]1NC(C)=O. The minimum absolute atomic E-state index is 0.142. The van der Waals surface area contributed by atoms with E-state index < -0.39 is 0 Å². The molecule has 0 saturated carbocycles. The molecule has 26 heavy (non-hydrogen) atoms. The van der Waals surface area contributed by atoms with Crippen molar-refractivity contribution in [2.45, 2.75) is 38.3 Å². The summed E-state index contributed by atoms with van der Waals surface area (Å²) in [6, 6.07) is 8.58. The normalized spacial score (nSPS) is 20.6. The highest BCUT2D eigenvalue weighted by Gasteiger charge is 2.34. The van der Waals surface area contributed by atoms with Gasteiger partial charge in [0.05, 0.1) is 19.2 Å². The minimum Gasteiger partial charge on any atom is -0.469 e. The fourth-order valence-electron chi connectivity index (χ4n) is 2.71. The van der Waals surface area contributed by atoms with Crippen molar-refractivity contribution in [3.8, 4) is 0 Å². The number of carbonyl (C=O) groups is 3. The highest BCUT2D eigenvalue weighted by molar-refractivity contribution is 8.03. The fourth-order valence-corrected chi connectivity index (χ4v) is 3.99. The van der Waals surface area contributed by atoms with Crippen LogP contribution in [0.1, 0.15) is 36.5 Å². The lowest BCUT2D eigenvalue weighted by Crippen LogP contribution is -2.50. The van der Waals surface area contributed by atoms with Gasteiger partial charge in [-0.1, -0.05) is 24.3 Å². The Hall–Kier alpha value is -2.28. The van der Waals surface area contributed by atoms with Crippen molar-refractivity contribution in [2.24, 2.45) is 0 Å². The van der Waals surface area contributed by atoms with Crippen LogP contribution in [-0.2, 0) is 14.3 Å². The van der Waals surface area contributed by atoms with Crippen LogP contribution in [0.5, 0.6) is 0 Å². The van der Waals surface area contributed by atoms with Crippen LogP contribution in [0.3, 0.4) is 0 Å². The average molecular weight is 376 g/mol. The van der Waals surface area contributed by atoms with Crippen LogP contribution >= 0.6 is 11.8 Å². The molecule has 0 bridgehead atoms. The predicted molar refractivity (Wildman–Crippen MR) is 102 cm³/mol. The van der Waals surface area contributed by atoms with Gasteiger partial charge in [-0.05, 0) is 25.0 Å². The summed E-state index contributed by atoms with van der Waals surface area (Å²) >= 11 is 1.62. The third kappa shape index (κ3) is 5.91. The molecule has 0 aromatic heterocycles. The summed E-state index contributed by atoms with van der Waals surface area (Å²) in [5, 5.41) is 5.93. The number of hydrogen-bond donors (Lipinski definition) is 2. The second-order valence-electron chi connectivity index (χ2n) is 6.01. The molecule has 1 aliphatic heterocycles. The van der Waals surface area contributed by atoms with E-state index >= 15 is 0 Å². The average Bonchev–Trinajstić information content (AvgIpc) is 3.00. The first kappa shape index (κ1) is 20.0. The molecule has 140 valence electrons. The molecular formula is C19H24N2O4S. The van der Waals surface area contributed by atoms with Crippen LogP contribution < -0.4 is 10.6 Å². The molecule has 2 N–H and O–H groups in total. The standard InChI is InChI=1S/C19H24N2O4S/c1-13(22)20-18-15(21-19(24)14-8-4-3-5-9-14)12-26-16(18)10-6-7-11-17(23)25-2/h3-5,8-10,15,18H,6-7,11-12H2,1-2H3,(H,20,22)(H,21,24)/b16-10-/t15-,18-/m1/s1. The minimum atomic E-state index is -0.247. The second kappa shape index (κ2) is 10.0.